The van der Waals surface area contributed by atoms with Crippen molar-refractivity contribution in [3.63, 3.8) is 0 Å². The summed E-state index contributed by atoms with van der Waals surface area (Å²) < 4.78 is 5.83. The Labute approximate surface area is 152 Å². The zero-order valence-electron chi connectivity index (χ0n) is 15.1. The fourth-order valence-corrected chi connectivity index (χ4v) is 2.68. The van der Waals surface area contributed by atoms with Gasteiger partial charge in [0.2, 0.25) is 11.7 Å². The second-order valence-corrected chi connectivity index (χ2v) is 6.14. The van der Waals surface area contributed by atoms with Crippen LogP contribution in [0.4, 0.5) is 10.7 Å². The van der Waals surface area contributed by atoms with Crippen molar-refractivity contribution in [1.82, 2.24) is 20.3 Å². The van der Waals surface area contributed by atoms with E-state index in [1.165, 1.54) is 12.8 Å². The van der Waals surface area contributed by atoms with Crippen LogP contribution >= 0.6 is 0 Å². The summed E-state index contributed by atoms with van der Waals surface area (Å²) in [4.78, 5) is 24.7. The van der Waals surface area contributed by atoms with Gasteiger partial charge in [0.25, 0.3) is 0 Å². The van der Waals surface area contributed by atoms with Crippen LogP contribution in [-0.4, -0.2) is 27.5 Å². The molecule has 3 aromatic heterocycles. The molecule has 2 amide bonds. The average Bonchev–Trinajstić information content (AvgIpc) is 3.07. The van der Waals surface area contributed by atoms with Crippen LogP contribution in [0, 0.1) is 6.92 Å². The van der Waals surface area contributed by atoms with Gasteiger partial charge in [-0.25, -0.2) is 9.78 Å². The van der Waals surface area contributed by atoms with E-state index in [1.54, 1.807) is 12.4 Å². The van der Waals surface area contributed by atoms with Crippen molar-refractivity contribution < 1.29 is 9.21 Å². The number of fused-ring (bicyclic) bond motifs is 1. The number of hydrogen-bond donors (Lipinski definition) is 2. The summed E-state index contributed by atoms with van der Waals surface area (Å²) in [6.07, 6.45) is 7.85. The van der Waals surface area contributed by atoms with E-state index in [9.17, 15) is 4.79 Å². The molecule has 0 fully saturated rings. The number of hydrogen-bond acceptors (Lipinski definition) is 5. The maximum atomic E-state index is 12.0. The number of furan rings is 1. The number of carbonyl (C=O) groups excluding carboxylic acids is 1. The van der Waals surface area contributed by atoms with Gasteiger partial charge in [0.15, 0.2) is 0 Å². The predicted molar refractivity (Wildman–Crippen MR) is 101 cm³/mol. The Balaban J connectivity index is 1.69. The topological polar surface area (TPSA) is 92.9 Å². The van der Waals surface area contributed by atoms with Crippen LogP contribution < -0.4 is 10.6 Å². The number of anilines is 1. The number of carbonyl (C=O) groups is 1. The minimum absolute atomic E-state index is 0.233. The summed E-state index contributed by atoms with van der Waals surface area (Å²) in [5.74, 6) is 0.925. The molecule has 0 spiro atoms. The highest BCUT2D eigenvalue weighted by Crippen LogP contribution is 2.28. The number of pyridine rings is 1. The molecule has 0 saturated carbocycles. The molecule has 0 radical (unpaired) electrons. The Bertz CT molecular complexity index is 876. The fourth-order valence-electron chi connectivity index (χ4n) is 2.68. The van der Waals surface area contributed by atoms with Gasteiger partial charge in [-0.3, -0.25) is 10.3 Å². The quantitative estimate of drug-likeness (QED) is 0.618. The average molecular weight is 353 g/mol. The summed E-state index contributed by atoms with van der Waals surface area (Å²) in [5, 5.41) is 6.32. The van der Waals surface area contributed by atoms with Gasteiger partial charge in [-0.15, -0.1) is 0 Å². The van der Waals surface area contributed by atoms with Crippen LogP contribution in [0.15, 0.2) is 35.0 Å². The molecule has 0 unspecified atom stereocenters. The molecule has 2 N–H and O–H groups in total. The molecular formula is C19H23N5O2. The molecule has 0 atom stereocenters. The first-order chi connectivity index (χ1) is 12.7. The monoisotopic (exact) mass is 353 g/mol. The first-order valence-electron chi connectivity index (χ1n) is 8.91. The smallest absolute Gasteiger partial charge is 0.321 e. The highest BCUT2D eigenvalue weighted by atomic mass is 16.3. The summed E-state index contributed by atoms with van der Waals surface area (Å²) in [7, 11) is 0. The second kappa shape index (κ2) is 8.42. The third-order valence-corrected chi connectivity index (χ3v) is 4.09. The molecule has 0 saturated heterocycles. The van der Waals surface area contributed by atoms with Crippen molar-refractivity contribution in [3.05, 3.63) is 36.3 Å². The van der Waals surface area contributed by atoms with E-state index in [0.717, 1.165) is 29.5 Å². The van der Waals surface area contributed by atoms with Gasteiger partial charge in [0, 0.05) is 24.5 Å². The highest BCUT2D eigenvalue weighted by Gasteiger charge is 2.13. The van der Waals surface area contributed by atoms with Crippen molar-refractivity contribution in [2.45, 2.75) is 39.5 Å². The van der Waals surface area contributed by atoms with Gasteiger partial charge >= 0.3 is 6.03 Å². The number of rotatable bonds is 7. The fraction of sp³-hybridized carbons (Fsp3) is 0.368. The Hall–Kier alpha value is -2.96. The van der Waals surface area contributed by atoms with Crippen LogP contribution in [-0.2, 0) is 0 Å². The molecule has 26 heavy (non-hydrogen) atoms. The van der Waals surface area contributed by atoms with Crippen molar-refractivity contribution in [3.8, 4) is 11.3 Å². The van der Waals surface area contributed by atoms with Crippen LogP contribution in [0.3, 0.4) is 0 Å². The highest BCUT2D eigenvalue weighted by molar-refractivity contribution is 5.89. The Morgan fingerprint density at radius 3 is 2.73 bits per heavy atom. The van der Waals surface area contributed by atoms with Gasteiger partial charge in [-0.1, -0.05) is 26.2 Å². The number of nitrogens with one attached hydrogen (secondary N) is 2. The molecule has 3 heterocycles. The lowest BCUT2D eigenvalue weighted by Gasteiger charge is -2.06. The molecule has 3 aromatic rings. The van der Waals surface area contributed by atoms with Gasteiger partial charge < -0.3 is 9.73 Å². The van der Waals surface area contributed by atoms with Crippen molar-refractivity contribution in [1.29, 1.82) is 0 Å². The molecule has 0 bridgehead atoms. The lowest BCUT2D eigenvalue weighted by atomic mass is 10.2. The summed E-state index contributed by atoms with van der Waals surface area (Å²) in [5.41, 5.74) is 2.11. The minimum atomic E-state index is -0.304. The molecule has 0 aromatic carbocycles. The van der Waals surface area contributed by atoms with Crippen LogP contribution in [0.5, 0.6) is 0 Å². The second-order valence-electron chi connectivity index (χ2n) is 6.14. The SMILES string of the molecule is CCCCCCNC(=O)Nc1nc(C)c2cc(-c3ccncc3)oc2n1. The van der Waals surface area contributed by atoms with E-state index >= 15 is 0 Å². The zero-order valence-corrected chi connectivity index (χ0v) is 15.1. The third-order valence-electron chi connectivity index (χ3n) is 4.09. The van der Waals surface area contributed by atoms with Crippen LogP contribution in [0.2, 0.25) is 0 Å². The number of nitrogens with zero attached hydrogens (tertiary/aromatic N) is 3. The van der Waals surface area contributed by atoms with Gasteiger partial charge in [-0.05, 0) is 31.5 Å². The first-order valence-corrected chi connectivity index (χ1v) is 8.91. The number of urea groups is 1. The van der Waals surface area contributed by atoms with E-state index in [-0.39, 0.29) is 12.0 Å². The molecular weight excluding hydrogens is 330 g/mol. The Morgan fingerprint density at radius 1 is 1.15 bits per heavy atom. The largest absolute Gasteiger partial charge is 0.438 e. The molecule has 7 heteroatoms. The van der Waals surface area contributed by atoms with E-state index in [4.69, 9.17) is 4.42 Å². The predicted octanol–water partition coefficient (Wildman–Crippen LogP) is 4.30. The zero-order chi connectivity index (χ0) is 18.4. The molecule has 136 valence electrons. The molecule has 0 aliphatic heterocycles. The van der Waals surface area contributed by atoms with Gasteiger partial charge in [-0.2, -0.15) is 4.98 Å². The van der Waals surface area contributed by atoms with E-state index in [2.05, 4.69) is 32.5 Å². The lowest BCUT2D eigenvalue weighted by Crippen LogP contribution is -2.30. The summed E-state index contributed by atoms with van der Waals surface area (Å²) in [6.45, 7) is 4.66. The van der Waals surface area contributed by atoms with Crippen molar-refractivity contribution in [2.75, 3.05) is 11.9 Å². The lowest BCUT2D eigenvalue weighted by molar-refractivity contribution is 0.251. The maximum absolute atomic E-state index is 12.0. The number of amides is 2. The van der Waals surface area contributed by atoms with Crippen molar-refractivity contribution in [2.24, 2.45) is 0 Å². The normalized spacial score (nSPS) is 10.8. The number of aryl methyl sites for hydroxylation is 1. The van der Waals surface area contributed by atoms with E-state index in [1.807, 2.05) is 25.1 Å². The number of unbranched alkanes of at least 4 members (excludes halogenated alkanes) is 3. The van der Waals surface area contributed by atoms with E-state index in [0.29, 0.717) is 18.0 Å². The minimum Gasteiger partial charge on any atom is -0.438 e. The molecule has 0 aliphatic carbocycles. The Morgan fingerprint density at radius 2 is 1.96 bits per heavy atom. The molecule has 3 rings (SSSR count). The standard InChI is InChI=1S/C19H23N5O2/c1-3-4-5-6-9-21-19(25)24-18-22-13(2)15-12-16(26-17(15)23-18)14-7-10-20-11-8-14/h7-8,10-12H,3-6,9H2,1-2H3,(H2,21,22,23,24,25). The molecule has 7 nitrogen and oxygen atoms in total. The van der Waals surface area contributed by atoms with Crippen LogP contribution in [0.25, 0.3) is 22.4 Å². The van der Waals surface area contributed by atoms with Crippen LogP contribution in [0.1, 0.15) is 38.3 Å². The first kappa shape index (κ1) is 17.8. The van der Waals surface area contributed by atoms with E-state index < -0.39 is 0 Å². The molecule has 0 aliphatic rings. The Kier molecular flexibility index (Phi) is 5.78. The summed E-state index contributed by atoms with van der Waals surface area (Å²) >= 11 is 0. The summed E-state index contributed by atoms with van der Waals surface area (Å²) in [6, 6.07) is 5.33. The van der Waals surface area contributed by atoms with Crippen molar-refractivity contribution >= 4 is 23.1 Å². The van der Waals surface area contributed by atoms with Gasteiger partial charge in [0.1, 0.15) is 5.76 Å². The van der Waals surface area contributed by atoms with Gasteiger partial charge in [0.05, 0.1) is 11.1 Å². The third kappa shape index (κ3) is 4.36. The maximum Gasteiger partial charge on any atom is 0.321 e. The number of aromatic nitrogens is 3.